The van der Waals surface area contributed by atoms with Gasteiger partial charge in [-0.3, -0.25) is 0 Å². The van der Waals surface area contributed by atoms with Crippen molar-refractivity contribution in [2.45, 2.75) is 45.1 Å². The first kappa shape index (κ1) is 14.9. The molecule has 0 spiro atoms. The Morgan fingerprint density at radius 1 is 1.35 bits per heavy atom. The van der Waals surface area contributed by atoms with Crippen molar-refractivity contribution in [1.29, 1.82) is 5.26 Å². The highest BCUT2D eigenvalue weighted by Crippen LogP contribution is 2.35. The zero-order chi connectivity index (χ0) is 14.8. The lowest BCUT2D eigenvalue weighted by Gasteiger charge is -2.27. The minimum atomic E-state index is -0.594. The van der Waals surface area contributed by atoms with Crippen LogP contribution in [-0.4, -0.2) is 19.1 Å². The summed E-state index contributed by atoms with van der Waals surface area (Å²) in [6.07, 6.45) is 4.02. The Balaban J connectivity index is 1.99. The summed E-state index contributed by atoms with van der Waals surface area (Å²) >= 11 is 0. The lowest BCUT2D eigenvalue weighted by molar-refractivity contribution is 0.376. The Bertz CT molecular complexity index is 497. The summed E-state index contributed by atoms with van der Waals surface area (Å²) in [6, 6.07) is 8.94. The molecule has 2 unspecified atom stereocenters. The number of nitrogens with two attached hydrogens (primary N) is 1. The molecule has 0 bridgehead atoms. The van der Waals surface area contributed by atoms with Gasteiger partial charge < -0.3 is 10.6 Å². The normalized spacial score (nSPS) is 25.4. The summed E-state index contributed by atoms with van der Waals surface area (Å²) in [7, 11) is 2.12. The molecule has 0 heterocycles. The number of benzene rings is 1. The third-order valence-corrected chi connectivity index (χ3v) is 4.54. The number of hydrogen-bond acceptors (Lipinski definition) is 3. The number of rotatable bonds is 4. The quantitative estimate of drug-likeness (QED) is 0.915. The first-order valence-electron chi connectivity index (χ1n) is 7.44. The van der Waals surface area contributed by atoms with E-state index in [4.69, 9.17) is 5.73 Å². The van der Waals surface area contributed by atoms with Gasteiger partial charge >= 0.3 is 0 Å². The largest absolute Gasteiger partial charge is 0.375 e. The number of nitrogens with zero attached hydrogens (tertiary/aromatic N) is 2. The van der Waals surface area contributed by atoms with Crippen LogP contribution < -0.4 is 10.6 Å². The Morgan fingerprint density at radius 2 is 2.00 bits per heavy atom. The zero-order valence-electron chi connectivity index (χ0n) is 12.8. The molecule has 20 heavy (non-hydrogen) atoms. The second kappa shape index (κ2) is 5.85. The predicted molar refractivity (Wildman–Crippen MR) is 83.7 cm³/mol. The molecule has 0 aromatic heterocycles. The second-order valence-electron chi connectivity index (χ2n) is 6.30. The Morgan fingerprint density at radius 3 is 2.60 bits per heavy atom. The minimum Gasteiger partial charge on any atom is -0.375 e. The van der Waals surface area contributed by atoms with E-state index in [0.717, 1.165) is 32.2 Å². The molecule has 1 aromatic carbocycles. The third kappa shape index (κ3) is 3.13. The van der Waals surface area contributed by atoms with Gasteiger partial charge in [-0.25, -0.2) is 0 Å². The molecule has 1 fully saturated rings. The van der Waals surface area contributed by atoms with Crippen LogP contribution in [0.1, 0.15) is 36.8 Å². The van der Waals surface area contributed by atoms with Crippen molar-refractivity contribution in [3.8, 4) is 6.07 Å². The molecule has 3 nitrogen and oxygen atoms in total. The summed E-state index contributed by atoms with van der Waals surface area (Å²) < 4.78 is 0. The van der Waals surface area contributed by atoms with Gasteiger partial charge in [0, 0.05) is 19.3 Å². The molecule has 0 radical (unpaired) electrons. The van der Waals surface area contributed by atoms with Crippen LogP contribution in [0.2, 0.25) is 0 Å². The smallest absolute Gasteiger partial charge is 0.107 e. The molecular weight excluding hydrogens is 246 g/mol. The van der Waals surface area contributed by atoms with Crippen LogP contribution in [0.15, 0.2) is 18.2 Å². The molecule has 1 aliphatic rings. The van der Waals surface area contributed by atoms with E-state index in [9.17, 15) is 5.26 Å². The molecule has 3 heteroatoms. The van der Waals surface area contributed by atoms with Gasteiger partial charge in [0.05, 0.1) is 6.07 Å². The lowest BCUT2D eigenvalue weighted by Crippen LogP contribution is -2.42. The van der Waals surface area contributed by atoms with Crippen LogP contribution in [-0.2, 0) is 0 Å². The molecule has 2 N–H and O–H groups in total. The fourth-order valence-electron chi connectivity index (χ4n) is 3.30. The van der Waals surface area contributed by atoms with Gasteiger partial charge in [-0.15, -0.1) is 0 Å². The summed E-state index contributed by atoms with van der Waals surface area (Å²) in [5, 5.41) is 9.26. The molecular formula is C17H25N3. The fourth-order valence-corrected chi connectivity index (χ4v) is 3.30. The van der Waals surface area contributed by atoms with Gasteiger partial charge in [-0.2, -0.15) is 5.26 Å². The van der Waals surface area contributed by atoms with Crippen molar-refractivity contribution in [3.05, 3.63) is 29.3 Å². The second-order valence-corrected chi connectivity index (χ2v) is 6.30. The van der Waals surface area contributed by atoms with E-state index >= 15 is 0 Å². The van der Waals surface area contributed by atoms with E-state index in [1.54, 1.807) is 0 Å². The number of hydrogen-bond donors (Lipinski definition) is 1. The Kier molecular flexibility index (Phi) is 4.35. The predicted octanol–water partition coefficient (Wildman–Crippen LogP) is 3.15. The van der Waals surface area contributed by atoms with Crippen LogP contribution in [0.3, 0.4) is 0 Å². The molecule has 2 atom stereocenters. The highest BCUT2D eigenvalue weighted by atomic mass is 15.1. The van der Waals surface area contributed by atoms with Crippen LogP contribution in [0.25, 0.3) is 0 Å². The highest BCUT2D eigenvalue weighted by Gasteiger charge is 2.39. The standard InChI is InChI=1S/C17H25N3/c1-13-9-14(2)11-16(10-13)20(3)8-6-15-5-4-7-17(15,19)12-18/h9-11,15H,4-8,19H2,1-3H3. The molecule has 0 aliphatic heterocycles. The fraction of sp³-hybridized carbons (Fsp3) is 0.588. The van der Waals surface area contributed by atoms with Gasteiger partial charge in [0.2, 0.25) is 0 Å². The summed E-state index contributed by atoms with van der Waals surface area (Å²) in [5.74, 6) is 0.334. The van der Waals surface area contributed by atoms with Gasteiger partial charge in [0.15, 0.2) is 0 Å². The Hall–Kier alpha value is -1.53. The van der Waals surface area contributed by atoms with E-state index in [1.165, 1.54) is 16.8 Å². The lowest BCUT2D eigenvalue weighted by atomic mass is 9.87. The molecule has 1 saturated carbocycles. The van der Waals surface area contributed by atoms with Gasteiger partial charge in [-0.05, 0) is 62.3 Å². The maximum absolute atomic E-state index is 9.26. The summed E-state index contributed by atoms with van der Waals surface area (Å²) in [4.78, 5) is 2.27. The Labute approximate surface area is 122 Å². The summed E-state index contributed by atoms with van der Waals surface area (Å²) in [5.41, 5.74) is 9.43. The molecule has 108 valence electrons. The van der Waals surface area contributed by atoms with Crippen molar-refractivity contribution in [1.82, 2.24) is 0 Å². The van der Waals surface area contributed by atoms with E-state index < -0.39 is 5.54 Å². The maximum atomic E-state index is 9.26. The first-order chi connectivity index (χ1) is 9.44. The minimum absolute atomic E-state index is 0.334. The molecule has 2 rings (SSSR count). The SMILES string of the molecule is Cc1cc(C)cc(N(C)CCC2CCCC2(N)C#N)c1. The van der Waals surface area contributed by atoms with Crippen molar-refractivity contribution < 1.29 is 0 Å². The molecule has 0 amide bonds. The number of nitriles is 1. The van der Waals surface area contributed by atoms with Crippen LogP contribution in [0, 0.1) is 31.1 Å². The number of aryl methyl sites for hydroxylation is 2. The van der Waals surface area contributed by atoms with Crippen LogP contribution in [0.4, 0.5) is 5.69 Å². The van der Waals surface area contributed by atoms with Gasteiger partial charge in [0.1, 0.15) is 5.54 Å². The number of anilines is 1. The molecule has 1 aliphatic carbocycles. The van der Waals surface area contributed by atoms with E-state index in [2.05, 4.69) is 50.1 Å². The van der Waals surface area contributed by atoms with Gasteiger partial charge in [0.25, 0.3) is 0 Å². The average Bonchev–Trinajstić information content (AvgIpc) is 2.77. The maximum Gasteiger partial charge on any atom is 0.107 e. The monoisotopic (exact) mass is 271 g/mol. The van der Waals surface area contributed by atoms with Crippen molar-refractivity contribution in [3.63, 3.8) is 0 Å². The highest BCUT2D eigenvalue weighted by molar-refractivity contribution is 5.50. The van der Waals surface area contributed by atoms with E-state index in [1.807, 2.05) is 0 Å². The average molecular weight is 271 g/mol. The van der Waals surface area contributed by atoms with Crippen molar-refractivity contribution >= 4 is 5.69 Å². The van der Waals surface area contributed by atoms with Crippen molar-refractivity contribution in [2.24, 2.45) is 11.7 Å². The molecule has 0 saturated heterocycles. The van der Waals surface area contributed by atoms with Crippen LogP contribution in [0.5, 0.6) is 0 Å². The topological polar surface area (TPSA) is 53.0 Å². The van der Waals surface area contributed by atoms with Gasteiger partial charge in [-0.1, -0.05) is 12.5 Å². The first-order valence-corrected chi connectivity index (χ1v) is 7.44. The third-order valence-electron chi connectivity index (χ3n) is 4.54. The van der Waals surface area contributed by atoms with Crippen molar-refractivity contribution in [2.75, 3.05) is 18.5 Å². The summed E-state index contributed by atoms with van der Waals surface area (Å²) in [6.45, 7) is 5.21. The van der Waals surface area contributed by atoms with E-state index in [-0.39, 0.29) is 0 Å². The van der Waals surface area contributed by atoms with E-state index in [0.29, 0.717) is 5.92 Å². The zero-order valence-corrected chi connectivity index (χ0v) is 12.8. The van der Waals surface area contributed by atoms with Crippen LogP contribution >= 0.6 is 0 Å². The molecule has 1 aromatic rings.